The Labute approximate surface area is 105 Å². The Balaban J connectivity index is 2.23. The van der Waals surface area contributed by atoms with Gasteiger partial charge >= 0.3 is 0 Å². The molecule has 102 valence electrons. The van der Waals surface area contributed by atoms with Crippen LogP contribution < -0.4 is 5.73 Å². The highest BCUT2D eigenvalue weighted by Gasteiger charge is 2.28. The molecule has 5 heteroatoms. The zero-order chi connectivity index (χ0) is 12.9. The van der Waals surface area contributed by atoms with Gasteiger partial charge in [0.25, 0.3) is 0 Å². The Morgan fingerprint density at radius 3 is 2.35 bits per heavy atom. The van der Waals surface area contributed by atoms with Crippen LogP contribution in [0.1, 0.15) is 33.1 Å². The summed E-state index contributed by atoms with van der Waals surface area (Å²) in [5.74, 6) is 0.590. The summed E-state index contributed by atoms with van der Waals surface area (Å²) in [5, 5.41) is 0. The molecule has 1 fully saturated rings. The van der Waals surface area contributed by atoms with E-state index < -0.39 is 9.84 Å². The Bertz CT molecular complexity index is 319. The van der Waals surface area contributed by atoms with E-state index in [0.29, 0.717) is 11.2 Å². The van der Waals surface area contributed by atoms with Crippen LogP contribution in [0.15, 0.2) is 0 Å². The van der Waals surface area contributed by atoms with E-state index in [2.05, 4.69) is 11.8 Å². The van der Waals surface area contributed by atoms with E-state index >= 15 is 0 Å². The minimum absolute atomic E-state index is 0.262. The summed E-state index contributed by atoms with van der Waals surface area (Å²) in [4.78, 5) is 2.36. The third-order valence-electron chi connectivity index (χ3n) is 3.93. The molecule has 0 aromatic rings. The second-order valence-corrected chi connectivity index (χ2v) is 7.92. The number of sulfone groups is 1. The summed E-state index contributed by atoms with van der Waals surface area (Å²) in [6.07, 6.45) is 3.02. The maximum Gasteiger partial charge on any atom is 0.150 e. The van der Waals surface area contributed by atoms with Gasteiger partial charge in [-0.25, -0.2) is 8.42 Å². The maximum atomic E-state index is 11.4. The largest absolute Gasteiger partial charge is 0.330 e. The van der Waals surface area contributed by atoms with Crippen LogP contribution in [0.5, 0.6) is 0 Å². The van der Waals surface area contributed by atoms with Gasteiger partial charge in [-0.05, 0) is 50.9 Å². The summed E-state index contributed by atoms with van der Waals surface area (Å²) in [5.41, 5.74) is 6.06. The van der Waals surface area contributed by atoms with Crippen LogP contribution >= 0.6 is 0 Å². The second-order valence-electron chi connectivity index (χ2n) is 5.45. The summed E-state index contributed by atoms with van der Waals surface area (Å²) < 4.78 is 22.7. The maximum absolute atomic E-state index is 11.4. The molecule has 0 saturated carbocycles. The molecule has 0 atom stereocenters. The average Bonchev–Trinajstić information content (AvgIpc) is 2.32. The number of hydrogen-bond acceptors (Lipinski definition) is 4. The number of nitrogens with two attached hydrogens (primary N) is 1. The Kier molecular flexibility index (Phi) is 5.41. The minimum atomic E-state index is -2.79. The van der Waals surface area contributed by atoms with Crippen molar-refractivity contribution in [3.05, 3.63) is 0 Å². The number of rotatable bonds is 6. The number of piperidine rings is 1. The van der Waals surface area contributed by atoms with Crippen molar-refractivity contribution in [2.24, 2.45) is 11.1 Å². The van der Waals surface area contributed by atoms with E-state index in [-0.39, 0.29) is 5.75 Å². The quantitative estimate of drug-likeness (QED) is 0.771. The molecule has 1 rings (SSSR count). The predicted octanol–water partition coefficient (Wildman–Crippen LogP) is 0.872. The van der Waals surface area contributed by atoms with Crippen molar-refractivity contribution in [1.82, 2.24) is 4.90 Å². The van der Waals surface area contributed by atoms with Crippen molar-refractivity contribution < 1.29 is 8.42 Å². The molecule has 0 bridgehead atoms. The first-order valence-corrected chi connectivity index (χ1v) is 8.36. The van der Waals surface area contributed by atoms with Crippen molar-refractivity contribution in [1.29, 1.82) is 0 Å². The van der Waals surface area contributed by atoms with Crippen molar-refractivity contribution in [3.63, 3.8) is 0 Å². The van der Waals surface area contributed by atoms with Crippen molar-refractivity contribution >= 4 is 9.84 Å². The average molecular weight is 262 g/mol. The minimum Gasteiger partial charge on any atom is -0.330 e. The monoisotopic (exact) mass is 262 g/mol. The van der Waals surface area contributed by atoms with Gasteiger partial charge in [0.1, 0.15) is 9.84 Å². The molecule has 4 nitrogen and oxygen atoms in total. The van der Waals surface area contributed by atoms with E-state index in [0.717, 1.165) is 45.4 Å². The normalized spacial score (nSPS) is 21.6. The van der Waals surface area contributed by atoms with Crippen LogP contribution in [0.4, 0.5) is 0 Å². The van der Waals surface area contributed by atoms with Gasteiger partial charge in [0.05, 0.1) is 5.75 Å². The lowest BCUT2D eigenvalue weighted by molar-refractivity contribution is 0.125. The van der Waals surface area contributed by atoms with Crippen LogP contribution in [-0.2, 0) is 9.84 Å². The highest BCUT2D eigenvalue weighted by atomic mass is 32.2. The molecule has 0 spiro atoms. The van der Waals surface area contributed by atoms with Crippen molar-refractivity contribution in [2.75, 3.05) is 37.7 Å². The van der Waals surface area contributed by atoms with E-state index in [1.165, 1.54) is 0 Å². The van der Waals surface area contributed by atoms with Crippen LogP contribution in [-0.4, -0.2) is 51.0 Å². The standard InChI is InChI=1S/C12H26N2O2S/c1-3-17(15,16)10-4-7-14-8-5-12(2,11-13)6-9-14/h3-11,13H2,1-2H3. The van der Waals surface area contributed by atoms with Crippen molar-refractivity contribution in [2.45, 2.75) is 33.1 Å². The number of likely N-dealkylation sites (tertiary alicyclic amines) is 1. The zero-order valence-corrected chi connectivity index (χ0v) is 11.9. The lowest BCUT2D eigenvalue weighted by Crippen LogP contribution is -2.42. The molecule has 1 heterocycles. The Morgan fingerprint density at radius 2 is 1.88 bits per heavy atom. The molecule has 0 unspecified atom stereocenters. The van der Waals surface area contributed by atoms with Gasteiger partial charge in [0, 0.05) is 5.75 Å². The summed E-state index contributed by atoms with van der Waals surface area (Å²) in [6.45, 7) is 7.72. The first-order chi connectivity index (χ1) is 7.91. The van der Waals surface area contributed by atoms with Crippen LogP contribution in [0.2, 0.25) is 0 Å². The first-order valence-electron chi connectivity index (χ1n) is 6.54. The number of nitrogens with zero attached hydrogens (tertiary/aromatic N) is 1. The van der Waals surface area contributed by atoms with Gasteiger partial charge in [0.2, 0.25) is 0 Å². The lowest BCUT2D eigenvalue weighted by atomic mass is 9.80. The third-order valence-corrected chi connectivity index (χ3v) is 5.72. The summed E-state index contributed by atoms with van der Waals surface area (Å²) in [6, 6.07) is 0. The van der Waals surface area contributed by atoms with Gasteiger partial charge in [-0.15, -0.1) is 0 Å². The molecule has 0 radical (unpaired) electrons. The van der Waals surface area contributed by atoms with E-state index in [9.17, 15) is 8.42 Å². The van der Waals surface area contributed by atoms with Gasteiger partial charge in [-0.1, -0.05) is 13.8 Å². The third kappa shape index (κ3) is 4.94. The van der Waals surface area contributed by atoms with E-state index in [4.69, 9.17) is 5.73 Å². The molecule has 0 aromatic carbocycles. The molecule has 1 aliphatic rings. The predicted molar refractivity (Wildman–Crippen MR) is 71.8 cm³/mol. The van der Waals surface area contributed by atoms with Gasteiger partial charge < -0.3 is 10.6 Å². The van der Waals surface area contributed by atoms with E-state index in [1.54, 1.807) is 6.92 Å². The van der Waals surface area contributed by atoms with Crippen LogP contribution in [0, 0.1) is 5.41 Å². The Hall–Kier alpha value is -0.130. The van der Waals surface area contributed by atoms with Gasteiger partial charge in [0.15, 0.2) is 0 Å². The fraction of sp³-hybridized carbons (Fsp3) is 1.00. The van der Waals surface area contributed by atoms with Crippen molar-refractivity contribution in [3.8, 4) is 0 Å². The Morgan fingerprint density at radius 1 is 1.29 bits per heavy atom. The molecule has 2 N–H and O–H groups in total. The zero-order valence-electron chi connectivity index (χ0n) is 11.1. The molecular weight excluding hydrogens is 236 g/mol. The topological polar surface area (TPSA) is 63.4 Å². The van der Waals surface area contributed by atoms with Crippen LogP contribution in [0.3, 0.4) is 0 Å². The molecule has 1 saturated heterocycles. The molecule has 1 aliphatic heterocycles. The van der Waals surface area contributed by atoms with Crippen LogP contribution in [0.25, 0.3) is 0 Å². The van der Waals surface area contributed by atoms with E-state index in [1.807, 2.05) is 0 Å². The molecular formula is C12H26N2O2S. The lowest BCUT2D eigenvalue weighted by Gasteiger charge is -2.38. The molecule has 17 heavy (non-hydrogen) atoms. The summed E-state index contributed by atoms with van der Waals surface area (Å²) >= 11 is 0. The van der Waals surface area contributed by atoms with Gasteiger partial charge in [-0.2, -0.15) is 0 Å². The summed E-state index contributed by atoms with van der Waals surface area (Å²) in [7, 11) is -2.79. The smallest absolute Gasteiger partial charge is 0.150 e. The fourth-order valence-electron chi connectivity index (χ4n) is 2.17. The molecule has 0 aromatic heterocycles. The van der Waals surface area contributed by atoms with Gasteiger partial charge in [-0.3, -0.25) is 0 Å². The molecule has 0 amide bonds. The molecule has 0 aliphatic carbocycles. The number of hydrogen-bond donors (Lipinski definition) is 1. The second kappa shape index (κ2) is 6.16. The fourth-order valence-corrected chi connectivity index (χ4v) is 3.03. The highest BCUT2D eigenvalue weighted by molar-refractivity contribution is 7.91. The first kappa shape index (κ1) is 14.9. The highest BCUT2D eigenvalue weighted by Crippen LogP contribution is 2.29. The SMILES string of the molecule is CCS(=O)(=O)CCCN1CCC(C)(CN)CC1.